The molecule has 1 aromatic carbocycles. The molecule has 2 aromatic rings. The molecule has 0 bridgehead atoms. The zero-order valence-corrected chi connectivity index (χ0v) is 13.6. The normalized spacial score (nSPS) is 11.1. The van der Waals surface area contributed by atoms with Gasteiger partial charge in [-0.05, 0) is 31.0 Å². The maximum Gasteiger partial charge on any atom is 0.262 e. The van der Waals surface area contributed by atoms with Crippen LogP contribution in [0.2, 0.25) is 0 Å². The first kappa shape index (κ1) is 14.6. The van der Waals surface area contributed by atoms with Gasteiger partial charge in [0.25, 0.3) is 5.56 Å². The quantitative estimate of drug-likeness (QED) is 0.607. The van der Waals surface area contributed by atoms with E-state index in [0.717, 1.165) is 40.3 Å². The van der Waals surface area contributed by atoms with Crippen molar-refractivity contribution in [3.63, 3.8) is 0 Å². The molecule has 0 spiro atoms. The van der Waals surface area contributed by atoms with Gasteiger partial charge in [-0.1, -0.05) is 41.5 Å². The van der Waals surface area contributed by atoms with Gasteiger partial charge in [0.2, 0.25) is 0 Å². The highest BCUT2D eigenvalue weighted by atomic mass is 79.9. The first-order valence-electron chi connectivity index (χ1n) is 6.50. The molecule has 0 unspecified atom stereocenters. The van der Waals surface area contributed by atoms with Crippen LogP contribution >= 0.6 is 27.7 Å². The minimum Gasteiger partial charge on any atom is -0.287 e. The molecule has 102 valence electrons. The third kappa shape index (κ3) is 3.20. The van der Waals surface area contributed by atoms with E-state index in [0.29, 0.717) is 5.39 Å². The minimum atomic E-state index is 0.0618. The summed E-state index contributed by atoms with van der Waals surface area (Å²) in [7, 11) is 0. The number of rotatable bonds is 5. The predicted molar refractivity (Wildman–Crippen MR) is 85.0 cm³/mol. The second-order valence-corrected chi connectivity index (χ2v) is 6.34. The van der Waals surface area contributed by atoms with Crippen LogP contribution in [0.4, 0.5) is 0 Å². The zero-order chi connectivity index (χ0) is 13.8. The summed E-state index contributed by atoms with van der Waals surface area (Å²) >= 11 is 5.07. The van der Waals surface area contributed by atoms with E-state index in [1.165, 1.54) is 0 Å². The molecule has 0 saturated heterocycles. The van der Waals surface area contributed by atoms with Crippen LogP contribution in [0.3, 0.4) is 0 Å². The summed E-state index contributed by atoms with van der Waals surface area (Å²) in [5.41, 5.74) is 0.839. The second kappa shape index (κ2) is 6.57. The first-order valence-corrected chi connectivity index (χ1v) is 8.28. The van der Waals surface area contributed by atoms with Crippen LogP contribution < -0.4 is 5.56 Å². The third-order valence-electron chi connectivity index (χ3n) is 2.76. The molecule has 1 aromatic heterocycles. The number of thioether (sulfide) groups is 1. The number of benzene rings is 1. The fourth-order valence-electron chi connectivity index (χ4n) is 1.90. The molecule has 3 nitrogen and oxygen atoms in total. The number of nitrogens with zero attached hydrogens (tertiary/aromatic N) is 2. The summed E-state index contributed by atoms with van der Waals surface area (Å²) in [4.78, 5) is 17.2. The van der Waals surface area contributed by atoms with Crippen LogP contribution in [-0.2, 0) is 6.54 Å². The molecule has 0 atom stereocenters. The molecule has 0 saturated carbocycles. The van der Waals surface area contributed by atoms with E-state index >= 15 is 0 Å². The van der Waals surface area contributed by atoms with Gasteiger partial charge in [-0.3, -0.25) is 9.36 Å². The number of halogens is 1. The fourth-order valence-corrected chi connectivity index (χ4v) is 3.14. The van der Waals surface area contributed by atoms with Gasteiger partial charge in [0.05, 0.1) is 10.9 Å². The molecule has 19 heavy (non-hydrogen) atoms. The lowest BCUT2D eigenvalue weighted by atomic mass is 10.2. The van der Waals surface area contributed by atoms with Crippen LogP contribution in [0.15, 0.2) is 32.6 Å². The SMILES string of the molecule is CCCSc1nc2ccc(Br)cc2c(=O)n1CCC. The van der Waals surface area contributed by atoms with Crippen LogP contribution in [0.1, 0.15) is 26.7 Å². The second-order valence-electron chi connectivity index (χ2n) is 4.36. The highest BCUT2D eigenvalue weighted by Gasteiger charge is 2.10. The fraction of sp³-hybridized carbons (Fsp3) is 0.429. The predicted octanol–water partition coefficient (Wildman–Crippen LogP) is 4.07. The lowest BCUT2D eigenvalue weighted by molar-refractivity contribution is 0.584. The van der Waals surface area contributed by atoms with Gasteiger partial charge in [-0.2, -0.15) is 0 Å². The number of hydrogen-bond donors (Lipinski definition) is 0. The van der Waals surface area contributed by atoms with E-state index in [9.17, 15) is 4.79 Å². The van der Waals surface area contributed by atoms with Crippen LogP contribution in [0.5, 0.6) is 0 Å². The summed E-state index contributed by atoms with van der Waals surface area (Å²) < 4.78 is 2.71. The molecule has 0 radical (unpaired) electrons. The Hall–Kier alpha value is -0.810. The Bertz CT molecular complexity index is 639. The molecule has 0 fully saturated rings. The maximum atomic E-state index is 12.5. The lowest BCUT2D eigenvalue weighted by Crippen LogP contribution is -2.23. The topological polar surface area (TPSA) is 34.9 Å². The first-order chi connectivity index (χ1) is 9.17. The van der Waals surface area contributed by atoms with E-state index < -0.39 is 0 Å². The summed E-state index contributed by atoms with van der Waals surface area (Å²) in [5.74, 6) is 0.984. The van der Waals surface area contributed by atoms with E-state index in [2.05, 4.69) is 34.8 Å². The monoisotopic (exact) mass is 340 g/mol. The molecule has 5 heteroatoms. The molecule has 2 rings (SSSR count). The van der Waals surface area contributed by atoms with Gasteiger partial charge in [-0.15, -0.1) is 0 Å². The average molecular weight is 341 g/mol. The third-order valence-corrected chi connectivity index (χ3v) is 4.44. The summed E-state index contributed by atoms with van der Waals surface area (Å²) in [6, 6.07) is 5.67. The zero-order valence-electron chi connectivity index (χ0n) is 11.1. The molecule has 0 aliphatic carbocycles. The minimum absolute atomic E-state index is 0.0618. The highest BCUT2D eigenvalue weighted by Crippen LogP contribution is 2.21. The Kier molecular flexibility index (Phi) is 5.05. The standard InChI is InChI=1S/C14H17BrN2OS/c1-3-7-17-13(18)11-9-10(15)5-6-12(11)16-14(17)19-8-4-2/h5-6,9H,3-4,7-8H2,1-2H3. The maximum absolute atomic E-state index is 12.5. The van der Waals surface area contributed by atoms with Gasteiger partial charge >= 0.3 is 0 Å². The summed E-state index contributed by atoms with van der Waals surface area (Å²) in [6.07, 6.45) is 2.01. The molecule has 0 aliphatic heterocycles. The van der Waals surface area contributed by atoms with Gasteiger partial charge < -0.3 is 0 Å². The van der Waals surface area contributed by atoms with Crippen LogP contribution in [-0.4, -0.2) is 15.3 Å². The van der Waals surface area contributed by atoms with E-state index in [1.54, 1.807) is 16.3 Å². The van der Waals surface area contributed by atoms with Crippen LogP contribution in [0.25, 0.3) is 10.9 Å². The molecule has 0 amide bonds. The van der Waals surface area contributed by atoms with Gasteiger partial charge in [0.15, 0.2) is 5.16 Å². The lowest BCUT2D eigenvalue weighted by Gasteiger charge is -2.12. The molecule has 1 heterocycles. The van der Waals surface area contributed by atoms with Gasteiger partial charge in [0, 0.05) is 16.8 Å². The largest absolute Gasteiger partial charge is 0.287 e. The summed E-state index contributed by atoms with van der Waals surface area (Å²) in [5, 5.41) is 1.52. The Balaban J connectivity index is 2.63. The summed E-state index contributed by atoms with van der Waals surface area (Å²) in [6.45, 7) is 4.93. The van der Waals surface area contributed by atoms with E-state index in [-0.39, 0.29) is 5.56 Å². The number of hydrogen-bond acceptors (Lipinski definition) is 3. The van der Waals surface area contributed by atoms with E-state index in [1.807, 2.05) is 18.2 Å². The van der Waals surface area contributed by atoms with Crippen molar-refractivity contribution in [3.05, 3.63) is 33.0 Å². The van der Waals surface area contributed by atoms with Crippen molar-refractivity contribution < 1.29 is 0 Å². The molecular weight excluding hydrogens is 324 g/mol. The van der Waals surface area contributed by atoms with Crippen molar-refractivity contribution in [1.29, 1.82) is 0 Å². The Morgan fingerprint density at radius 1 is 1.32 bits per heavy atom. The molecule has 0 aliphatic rings. The van der Waals surface area contributed by atoms with E-state index in [4.69, 9.17) is 0 Å². The Morgan fingerprint density at radius 3 is 2.79 bits per heavy atom. The smallest absolute Gasteiger partial charge is 0.262 e. The average Bonchev–Trinajstić information content (AvgIpc) is 2.41. The van der Waals surface area contributed by atoms with Crippen molar-refractivity contribution >= 4 is 38.6 Å². The van der Waals surface area contributed by atoms with Crippen molar-refractivity contribution in [3.8, 4) is 0 Å². The number of aromatic nitrogens is 2. The van der Waals surface area contributed by atoms with Crippen LogP contribution in [0, 0.1) is 0 Å². The molecular formula is C14H17BrN2OS. The van der Waals surface area contributed by atoms with Gasteiger partial charge in [0.1, 0.15) is 0 Å². The highest BCUT2D eigenvalue weighted by molar-refractivity contribution is 9.10. The van der Waals surface area contributed by atoms with Gasteiger partial charge in [-0.25, -0.2) is 4.98 Å². The van der Waals surface area contributed by atoms with Crippen molar-refractivity contribution in [1.82, 2.24) is 9.55 Å². The molecule has 0 N–H and O–H groups in total. The van der Waals surface area contributed by atoms with Crippen molar-refractivity contribution in [2.24, 2.45) is 0 Å². The number of fused-ring (bicyclic) bond motifs is 1. The Labute approximate surface area is 125 Å². The van der Waals surface area contributed by atoms with Crippen molar-refractivity contribution in [2.75, 3.05) is 5.75 Å². The Morgan fingerprint density at radius 2 is 2.11 bits per heavy atom. The van der Waals surface area contributed by atoms with Crippen molar-refractivity contribution in [2.45, 2.75) is 38.4 Å².